The molecule has 0 aromatic heterocycles. The van der Waals surface area contributed by atoms with Gasteiger partial charge in [0.1, 0.15) is 33.9 Å². The summed E-state index contributed by atoms with van der Waals surface area (Å²) in [7, 11) is 0. The molecule has 2 aromatic carbocycles. The maximum atomic E-state index is 12.0. The van der Waals surface area contributed by atoms with Crippen LogP contribution in [0.5, 0.6) is 11.5 Å². The first kappa shape index (κ1) is 36.0. The van der Waals surface area contributed by atoms with Crippen LogP contribution in [0.3, 0.4) is 0 Å². The molecular weight excluding hydrogens is 540 g/mol. The predicted molar refractivity (Wildman–Crippen MR) is 174 cm³/mol. The average Bonchev–Trinajstić information content (AvgIpc) is 2.91. The summed E-state index contributed by atoms with van der Waals surface area (Å²) in [4.78, 5) is 23.9. The molecule has 0 radical (unpaired) electrons. The summed E-state index contributed by atoms with van der Waals surface area (Å²) < 4.78 is 24.2. The summed E-state index contributed by atoms with van der Waals surface area (Å²) in [6, 6.07) is 16.4. The van der Waals surface area contributed by atoms with Gasteiger partial charge in [0.15, 0.2) is 11.6 Å². The first-order valence-corrected chi connectivity index (χ1v) is 15.0. The van der Waals surface area contributed by atoms with Gasteiger partial charge in [-0.2, -0.15) is 0 Å². The van der Waals surface area contributed by atoms with Crippen LogP contribution in [-0.4, -0.2) is 47.2 Å². The molecular formula is C37H52O6. The predicted octanol–water partition coefficient (Wildman–Crippen LogP) is 8.21. The topological polar surface area (TPSA) is 71.1 Å². The third kappa shape index (κ3) is 10.5. The number of hydrogen-bond acceptors (Lipinski definition) is 6. The molecule has 0 aliphatic rings. The van der Waals surface area contributed by atoms with Crippen LogP contribution in [0.15, 0.2) is 73.8 Å². The standard InChI is InChI=1S/C37H52O6/c1-13-31(38)36(9,10)40-25-23-33(3,4)42-29-19-15-27(16-20-29)35(7,8)28-17-21-30(22-18-28)43-34(5,6)24-26-41-37(11,12)32(39)14-2/h13-22H,1-2,23-26H2,3-12H3. The number of benzene rings is 2. The molecule has 0 saturated carbocycles. The van der Waals surface area contributed by atoms with Crippen LogP contribution < -0.4 is 9.47 Å². The van der Waals surface area contributed by atoms with E-state index in [0.717, 1.165) is 22.6 Å². The fourth-order valence-corrected chi connectivity index (χ4v) is 4.52. The molecule has 0 atom stereocenters. The maximum Gasteiger partial charge on any atom is 0.186 e. The Morgan fingerprint density at radius 3 is 1.16 bits per heavy atom. The van der Waals surface area contributed by atoms with Crippen molar-refractivity contribution in [2.45, 2.75) is 110 Å². The third-order valence-electron chi connectivity index (χ3n) is 7.83. The van der Waals surface area contributed by atoms with E-state index in [2.05, 4.69) is 51.3 Å². The zero-order valence-corrected chi connectivity index (χ0v) is 28.0. The molecule has 0 fully saturated rings. The summed E-state index contributed by atoms with van der Waals surface area (Å²) in [5.74, 6) is 1.27. The smallest absolute Gasteiger partial charge is 0.186 e. The van der Waals surface area contributed by atoms with Crippen LogP contribution in [0.4, 0.5) is 0 Å². The second kappa shape index (κ2) is 14.0. The second-order valence-corrected chi connectivity index (χ2v) is 13.8. The summed E-state index contributed by atoms with van der Waals surface area (Å²) >= 11 is 0. The van der Waals surface area contributed by atoms with E-state index >= 15 is 0 Å². The van der Waals surface area contributed by atoms with Gasteiger partial charge in [-0.1, -0.05) is 51.3 Å². The normalized spacial score (nSPS) is 12.9. The van der Waals surface area contributed by atoms with Crippen LogP contribution in [0.2, 0.25) is 0 Å². The number of rotatable bonds is 18. The van der Waals surface area contributed by atoms with Crippen molar-refractivity contribution in [1.29, 1.82) is 0 Å². The number of carbonyl (C=O) groups is 2. The van der Waals surface area contributed by atoms with Crippen LogP contribution >= 0.6 is 0 Å². The van der Waals surface area contributed by atoms with Crippen LogP contribution in [0.25, 0.3) is 0 Å². The van der Waals surface area contributed by atoms with Gasteiger partial charge in [-0.3, -0.25) is 9.59 Å². The van der Waals surface area contributed by atoms with E-state index in [1.54, 1.807) is 27.7 Å². The minimum absolute atomic E-state index is 0.139. The molecule has 0 aliphatic carbocycles. The fourth-order valence-electron chi connectivity index (χ4n) is 4.52. The van der Waals surface area contributed by atoms with Gasteiger partial charge in [0.2, 0.25) is 0 Å². The number of carbonyl (C=O) groups excluding carboxylic acids is 2. The monoisotopic (exact) mass is 592 g/mol. The first-order valence-electron chi connectivity index (χ1n) is 15.0. The molecule has 0 amide bonds. The van der Waals surface area contributed by atoms with E-state index in [1.165, 1.54) is 12.2 Å². The molecule has 0 N–H and O–H groups in total. The van der Waals surface area contributed by atoms with Gasteiger partial charge in [0.25, 0.3) is 0 Å². The Kier molecular flexibility index (Phi) is 11.7. The zero-order valence-electron chi connectivity index (χ0n) is 28.0. The molecule has 0 aliphatic heterocycles. The quantitative estimate of drug-likeness (QED) is 0.163. The summed E-state index contributed by atoms with van der Waals surface area (Å²) in [6.45, 7) is 27.3. The zero-order chi connectivity index (χ0) is 32.7. The van der Waals surface area contributed by atoms with Gasteiger partial charge >= 0.3 is 0 Å². The highest BCUT2D eigenvalue weighted by Gasteiger charge is 2.30. The van der Waals surface area contributed by atoms with Gasteiger partial charge in [-0.25, -0.2) is 0 Å². The molecule has 236 valence electrons. The summed E-state index contributed by atoms with van der Waals surface area (Å²) in [5, 5.41) is 0. The molecule has 0 unspecified atom stereocenters. The van der Waals surface area contributed by atoms with E-state index < -0.39 is 22.4 Å². The highest BCUT2D eigenvalue weighted by atomic mass is 16.5. The molecule has 6 heteroatoms. The van der Waals surface area contributed by atoms with Gasteiger partial charge in [0, 0.05) is 18.3 Å². The third-order valence-corrected chi connectivity index (χ3v) is 7.83. The van der Waals surface area contributed by atoms with Crippen LogP contribution in [-0.2, 0) is 24.5 Å². The fraction of sp³-hybridized carbons (Fsp3) is 0.514. The van der Waals surface area contributed by atoms with E-state index in [4.69, 9.17) is 18.9 Å². The van der Waals surface area contributed by atoms with Crippen molar-refractivity contribution in [2.75, 3.05) is 13.2 Å². The van der Waals surface area contributed by atoms with Crippen molar-refractivity contribution in [3.05, 3.63) is 85.0 Å². The SMILES string of the molecule is C=CC(=O)C(C)(C)OCCC(C)(C)Oc1ccc(C(C)(C)c2ccc(OC(C)(C)CCOC(C)(C)C(=O)C=C)cc2)cc1. The van der Waals surface area contributed by atoms with Crippen molar-refractivity contribution in [1.82, 2.24) is 0 Å². The average molecular weight is 593 g/mol. The lowest BCUT2D eigenvalue weighted by Gasteiger charge is -2.30. The summed E-state index contributed by atoms with van der Waals surface area (Å²) in [6.07, 6.45) is 3.84. The molecule has 2 aromatic rings. The van der Waals surface area contributed by atoms with Gasteiger partial charge in [-0.15, -0.1) is 0 Å². The largest absolute Gasteiger partial charge is 0.488 e. The molecule has 0 heterocycles. The Hall–Kier alpha value is -3.22. The molecule has 6 nitrogen and oxygen atoms in total. The molecule has 43 heavy (non-hydrogen) atoms. The van der Waals surface area contributed by atoms with Gasteiger partial charge in [0.05, 0.1) is 13.2 Å². The lowest BCUT2D eigenvalue weighted by atomic mass is 9.78. The molecule has 0 spiro atoms. The van der Waals surface area contributed by atoms with E-state index in [0.29, 0.717) is 26.1 Å². The van der Waals surface area contributed by atoms with Crippen LogP contribution in [0.1, 0.15) is 93.2 Å². The Morgan fingerprint density at radius 2 is 0.884 bits per heavy atom. The highest BCUT2D eigenvalue weighted by Crippen LogP contribution is 2.35. The number of hydrogen-bond donors (Lipinski definition) is 0. The first-order chi connectivity index (χ1) is 19.7. The lowest BCUT2D eigenvalue weighted by Crippen LogP contribution is -2.37. The maximum absolute atomic E-state index is 12.0. The Labute approximate surface area is 259 Å². The van der Waals surface area contributed by atoms with Crippen molar-refractivity contribution < 1.29 is 28.5 Å². The molecule has 0 bridgehead atoms. The highest BCUT2D eigenvalue weighted by molar-refractivity contribution is 5.96. The second-order valence-electron chi connectivity index (χ2n) is 13.8. The number of ether oxygens (including phenoxy) is 4. The van der Waals surface area contributed by atoms with E-state index in [-0.39, 0.29) is 17.0 Å². The van der Waals surface area contributed by atoms with Crippen LogP contribution in [0, 0.1) is 0 Å². The Morgan fingerprint density at radius 1 is 0.581 bits per heavy atom. The minimum Gasteiger partial charge on any atom is -0.488 e. The molecule has 0 saturated heterocycles. The number of ketones is 2. The Bertz CT molecular complexity index is 1150. The van der Waals surface area contributed by atoms with Crippen molar-refractivity contribution >= 4 is 11.6 Å². The van der Waals surface area contributed by atoms with Crippen molar-refractivity contribution in [2.24, 2.45) is 0 Å². The summed E-state index contributed by atoms with van der Waals surface area (Å²) in [5.41, 5.74) is -0.658. The molecule has 2 rings (SSSR count). The van der Waals surface area contributed by atoms with E-state index in [1.807, 2.05) is 52.0 Å². The van der Waals surface area contributed by atoms with Gasteiger partial charge in [-0.05, 0) is 103 Å². The van der Waals surface area contributed by atoms with Gasteiger partial charge < -0.3 is 18.9 Å². The minimum atomic E-state index is -0.897. The van der Waals surface area contributed by atoms with E-state index in [9.17, 15) is 9.59 Å². The van der Waals surface area contributed by atoms with Crippen molar-refractivity contribution in [3.63, 3.8) is 0 Å². The lowest BCUT2D eigenvalue weighted by molar-refractivity contribution is -0.136. The van der Waals surface area contributed by atoms with Crippen molar-refractivity contribution in [3.8, 4) is 11.5 Å². The Balaban J connectivity index is 1.99.